The summed E-state index contributed by atoms with van der Waals surface area (Å²) in [6, 6.07) is 0. The fourth-order valence-corrected chi connectivity index (χ4v) is 5.99. The topological polar surface area (TPSA) is 0 Å². The third kappa shape index (κ3) is 3.04. The highest BCUT2D eigenvalue weighted by Gasteiger charge is 2.74. The summed E-state index contributed by atoms with van der Waals surface area (Å²) >= 11 is 73.2. The molecule has 1 fully saturated rings. The predicted molar refractivity (Wildman–Crippen MR) is 96.3 cm³/mol. The molecule has 0 aromatic carbocycles. The van der Waals surface area contributed by atoms with Crippen molar-refractivity contribution in [2.45, 2.75) is 38.8 Å². The monoisotopic (exact) mass is 520 g/mol. The fraction of sp³-hybridized carbons (Fsp3) is 1.00. The second-order valence-electron chi connectivity index (χ2n) is 4.09. The molecule has 0 saturated heterocycles. The molecule has 0 nitrogen and oxygen atoms in total. The maximum atomic E-state index is 6.11. The Labute approximate surface area is 176 Å². The first-order valence-electron chi connectivity index (χ1n) is 4.71. The molecular formula is C8H4Cl12. The molecule has 0 spiro atoms. The quantitative estimate of drug-likeness (QED) is 0.295. The molecule has 1 saturated carbocycles. The van der Waals surface area contributed by atoms with E-state index in [-0.39, 0.29) is 0 Å². The lowest BCUT2D eigenvalue weighted by molar-refractivity contribution is 0.443. The van der Waals surface area contributed by atoms with E-state index >= 15 is 0 Å². The molecule has 0 aliphatic heterocycles. The van der Waals surface area contributed by atoms with Crippen LogP contribution in [-0.4, -0.2) is 38.8 Å². The first-order chi connectivity index (χ1) is 8.64. The summed E-state index contributed by atoms with van der Waals surface area (Å²) in [5.41, 5.74) is 0. The molecule has 0 bridgehead atoms. The van der Waals surface area contributed by atoms with Gasteiger partial charge in [0.05, 0.1) is 21.5 Å². The minimum Gasteiger partial charge on any atom is -0.120 e. The average Bonchev–Trinajstić information content (AvgIpc) is 2.33. The molecule has 0 radical (unpaired) electrons. The second kappa shape index (κ2) is 6.65. The zero-order valence-corrected chi connectivity index (χ0v) is 17.9. The molecular weight excluding hydrogens is 522 g/mol. The van der Waals surface area contributed by atoms with Crippen LogP contribution in [0.4, 0.5) is 0 Å². The molecule has 0 N–H and O–H groups in total. The summed E-state index contributed by atoms with van der Waals surface area (Å²) in [4.78, 5) is 0. The number of rotatable bonds is 0. The molecule has 12 heteroatoms. The van der Waals surface area contributed by atoms with Crippen LogP contribution in [0.3, 0.4) is 0 Å². The van der Waals surface area contributed by atoms with E-state index in [1.807, 2.05) is 0 Å². The lowest BCUT2D eigenvalue weighted by Gasteiger charge is -2.52. The highest BCUT2D eigenvalue weighted by atomic mass is 35.6. The first kappa shape index (κ1) is 21.5. The Kier molecular flexibility index (Phi) is 7.16. The van der Waals surface area contributed by atoms with Gasteiger partial charge in [-0.3, -0.25) is 0 Å². The van der Waals surface area contributed by atoms with E-state index in [2.05, 4.69) is 0 Å². The normalized spacial score (nSPS) is 42.6. The molecule has 120 valence electrons. The van der Waals surface area contributed by atoms with Gasteiger partial charge in [-0.15, -0.1) is 46.4 Å². The van der Waals surface area contributed by atoms with Crippen LogP contribution in [0.15, 0.2) is 0 Å². The van der Waals surface area contributed by atoms with Gasteiger partial charge in [-0.2, -0.15) is 0 Å². The third-order valence-corrected chi connectivity index (χ3v) is 11.4. The van der Waals surface area contributed by atoms with Gasteiger partial charge >= 0.3 is 0 Å². The van der Waals surface area contributed by atoms with Crippen molar-refractivity contribution in [3.05, 3.63) is 0 Å². The fourth-order valence-electron chi connectivity index (χ4n) is 1.49. The van der Waals surface area contributed by atoms with E-state index < -0.39 is 38.8 Å². The van der Waals surface area contributed by atoms with E-state index in [1.54, 1.807) is 0 Å². The van der Waals surface area contributed by atoms with Crippen molar-refractivity contribution >= 4 is 139 Å². The Balaban J connectivity index is 3.57. The molecule has 0 aromatic heterocycles. The lowest BCUT2D eigenvalue weighted by atomic mass is 9.95. The first-order valence-corrected chi connectivity index (χ1v) is 9.48. The molecule has 1 rings (SSSR count). The summed E-state index contributed by atoms with van der Waals surface area (Å²) in [6.45, 7) is 0. The van der Waals surface area contributed by atoms with Crippen LogP contribution in [0.5, 0.6) is 0 Å². The average molecular weight is 526 g/mol. The van der Waals surface area contributed by atoms with Crippen LogP contribution in [0.25, 0.3) is 0 Å². The predicted octanol–water partition coefficient (Wildman–Crippen LogP) is 7.13. The highest BCUT2D eigenvalue weighted by Crippen LogP contribution is 2.66. The van der Waals surface area contributed by atoms with Crippen molar-refractivity contribution in [3.8, 4) is 0 Å². The van der Waals surface area contributed by atoms with Crippen LogP contribution < -0.4 is 0 Å². The molecule has 0 amide bonds. The van der Waals surface area contributed by atoms with Crippen LogP contribution >= 0.6 is 139 Å². The van der Waals surface area contributed by atoms with Crippen LogP contribution in [0.2, 0.25) is 0 Å². The molecule has 0 aromatic rings. The SMILES string of the molecule is ClC1C(Cl)C(Cl)C(Cl)(Cl)C(Cl)(Cl)C(Cl)(Cl)C(Cl)(Cl)C1Cl. The standard InChI is InChI=1S/C8H4Cl12/c9-1-2(10)4(12)6(15,16)8(19,20)7(17,18)5(13,14)3(1)11/h1-4H. The molecule has 4 unspecified atom stereocenters. The minimum atomic E-state index is -2.32. The van der Waals surface area contributed by atoms with Crippen molar-refractivity contribution in [1.82, 2.24) is 0 Å². The van der Waals surface area contributed by atoms with Crippen LogP contribution in [0, 0.1) is 0 Å². The Morgan fingerprint density at radius 3 is 0.850 bits per heavy atom. The van der Waals surface area contributed by atoms with Gasteiger partial charge in [-0.25, -0.2) is 0 Å². The van der Waals surface area contributed by atoms with E-state index in [0.29, 0.717) is 0 Å². The van der Waals surface area contributed by atoms with Crippen molar-refractivity contribution in [3.63, 3.8) is 0 Å². The van der Waals surface area contributed by atoms with Gasteiger partial charge < -0.3 is 0 Å². The highest BCUT2D eigenvalue weighted by molar-refractivity contribution is 6.75. The van der Waals surface area contributed by atoms with E-state index in [1.165, 1.54) is 0 Å². The lowest BCUT2D eigenvalue weighted by Crippen LogP contribution is -2.68. The summed E-state index contributed by atoms with van der Waals surface area (Å²) < 4.78 is -8.90. The van der Waals surface area contributed by atoms with Gasteiger partial charge in [0.25, 0.3) is 0 Å². The van der Waals surface area contributed by atoms with Crippen molar-refractivity contribution in [2.24, 2.45) is 0 Å². The summed E-state index contributed by atoms with van der Waals surface area (Å²) in [5, 5.41) is -4.66. The zero-order valence-electron chi connectivity index (χ0n) is 8.84. The number of hydrogen-bond acceptors (Lipinski definition) is 0. The molecule has 1 aliphatic rings. The Morgan fingerprint density at radius 2 is 0.650 bits per heavy atom. The molecule has 4 atom stereocenters. The number of halogens is 12. The van der Waals surface area contributed by atoms with Crippen molar-refractivity contribution in [1.29, 1.82) is 0 Å². The largest absolute Gasteiger partial charge is 0.188 e. The second-order valence-corrected chi connectivity index (χ2v) is 11.5. The van der Waals surface area contributed by atoms with Gasteiger partial charge in [0, 0.05) is 0 Å². The Bertz CT molecular complexity index is 340. The zero-order chi connectivity index (χ0) is 16.3. The van der Waals surface area contributed by atoms with E-state index in [0.717, 1.165) is 0 Å². The maximum absolute atomic E-state index is 6.11. The van der Waals surface area contributed by atoms with Crippen LogP contribution in [-0.2, 0) is 0 Å². The number of alkyl halides is 12. The Hall–Kier alpha value is 3.48. The minimum absolute atomic E-state index is 1.07. The van der Waals surface area contributed by atoms with Crippen molar-refractivity contribution in [2.75, 3.05) is 0 Å². The van der Waals surface area contributed by atoms with Crippen LogP contribution in [0.1, 0.15) is 0 Å². The summed E-state index contributed by atoms with van der Waals surface area (Å²) in [6.07, 6.45) is 0. The molecule has 1 aliphatic carbocycles. The van der Waals surface area contributed by atoms with Gasteiger partial charge in [0.15, 0.2) is 17.3 Å². The van der Waals surface area contributed by atoms with Gasteiger partial charge in [-0.1, -0.05) is 92.8 Å². The van der Waals surface area contributed by atoms with E-state index in [9.17, 15) is 0 Å². The number of hydrogen-bond donors (Lipinski definition) is 0. The molecule has 20 heavy (non-hydrogen) atoms. The van der Waals surface area contributed by atoms with Gasteiger partial charge in [-0.05, 0) is 0 Å². The Morgan fingerprint density at radius 1 is 0.450 bits per heavy atom. The smallest absolute Gasteiger partial charge is 0.120 e. The summed E-state index contributed by atoms with van der Waals surface area (Å²) in [7, 11) is 0. The summed E-state index contributed by atoms with van der Waals surface area (Å²) in [5.74, 6) is 0. The van der Waals surface area contributed by atoms with Crippen molar-refractivity contribution < 1.29 is 0 Å². The van der Waals surface area contributed by atoms with Gasteiger partial charge in [0.1, 0.15) is 0 Å². The van der Waals surface area contributed by atoms with Gasteiger partial charge in [0.2, 0.25) is 0 Å². The third-order valence-electron chi connectivity index (χ3n) is 2.79. The molecule has 0 heterocycles. The van der Waals surface area contributed by atoms with E-state index in [4.69, 9.17) is 139 Å². The maximum Gasteiger partial charge on any atom is 0.188 e.